The van der Waals surface area contributed by atoms with Crippen molar-refractivity contribution >= 4 is 65.9 Å². The summed E-state index contributed by atoms with van der Waals surface area (Å²) in [5.41, 5.74) is 20.7. The maximum absolute atomic E-state index is 9.76. The molecule has 128 heavy (non-hydrogen) atoms. The zero-order chi connectivity index (χ0) is 93.6. The first-order chi connectivity index (χ1) is 57.1. The smallest absolute Gasteiger partial charge is 0.0613 e. The van der Waals surface area contributed by atoms with Crippen LogP contribution in [0.2, 0.25) is 0 Å². The molecule has 0 saturated heterocycles. The number of aromatic nitrogens is 4. The van der Waals surface area contributed by atoms with Crippen molar-refractivity contribution in [1.82, 2.24) is 19.9 Å². The van der Waals surface area contributed by atoms with Crippen LogP contribution in [0.4, 0.5) is 0 Å². The van der Waals surface area contributed by atoms with Gasteiger partial charge in [0, 0.05) is 128 Å². The first kappa shape index (κ1) is 122. The van der Waals surface area contributed by atoms with E-state index in [0.29, 0.717) is 37.5 Å². The van der Waals surface area contributed by atoms with Crippen LogP contribution in [-0.4, -0.2) is 110 Å². The third-order valence-corrected chi connectivity index (χ3v) is 24.3. The van der Waals surface area contributed by atoms with Gasteiger partial charge in [0.15, 0.2) is 0 Å². The van der Waals surface area contributed by atoms with Crippen molar-refractivity contribution in [2.24, 2.45) is 55.2 Å². The Bertz CT molecular complexity index is 4570. The van der Waals surface area contributed by atoms with Gasteiger partial charge in [0.2, 0.25) is 0 Å². The fourth-order valence-electron chi connectivity index (χ4n) is 14.3. The van der Waals surface area contributed by atoms with Crippen LogP contribution in [-0.2, 0) is 80.4 Å². The molecule has 10 atom stereocenters. The summed E-state index contributed by atoms with van der Waals surface area (Å²) in [6.07, 6.45) is 29.2. The Morgan fingerprint density at radius 2 is 0.539 bits per heavy atom. The van der Waals surface area contributed by atoms with Gasteiger partial charge in [-0.3, -0.25) is 24.3 Å². The Labute approximate surface area is 830 Å². The summed E-state index contributed by atoms with van der Waals surface area (Å²) in [7, 11) is 0. The van der Waals surface area contributed by atoms with Crippen molar-refractivity contribution in [2.75, 3.05) is 0 Å². The molecule has 8 N–H and O–H groups in total. The molecule has 0 fully saturated rings. The summed E-state index contributed by atoms with van der Waals surface area (Å²) in [5.74, 6) is 1.14. The van der Waals surface area contributed by atoms with Crippen molar-refractivity contribution < 1.29 is 121 Å². The second kappa shape index (κ2) is 53.9. The van der Waals surface area contributed by atoms with Gasteiger partial charge < -0.3 is 60.8 Å². The Morgan fingerprint density at radius 1 is 0.281 bits per heavy atom. The van der Waals surface area contributed by atoms with Gasteiger partial charge in [-0.1, -0.05) is 365 Å². The van der Waals surface area contributed by atoms with E-state index in [1.165, 1.54) is 129 Å². The molecule has 4 radical (unpaired) electrons. The minimum Gasteiger partial charge on any atom is -0.392 e. The number of nitrogens with zero attached hydrogens (tertiary/aromatic N) is 4. The predicted octanol–water partition coefficient (Wildman–Crippen LogP) is 27.1. The Morgan fingerprint density at radius 3 is 0.836 bits per heavy atom. The third kappa shape index (κ3) is 41.9. The maximum atomic E-state index is 9.76. The summed E-state index contributed by atoms with van der Waals surface area (Å²) < 4.78 is 0. The second-order valence-electron chi connectivity index (χ2n) is 45.0. The molecule has 4 aromatic carbocycles. The minimum absolute atomic E-state index is 0. The van der Waals surface area contributed by atoms with Gasteiger partial charge in [0.25, 0.3) is 0 Å². The SMILES string of the molecule is CC(C)(C)C(O)CC(O)C(C)(C)C.CC(C)(C)C(O)CC(O)C(C)(C)C.CC(C)(C)C(O)CC(O)C(C)(C)C.CC(C)(C)C(O)CC(O)C(C)(C)C.Cc1ccc2ccc(C3=[C-]C(C)CCC3)nc2c1.Cc1ccc2ccc(C3=[C-]CCCC3)nc2c1.Cc1ccc2nc(C3=[C-]C(C)CCC3)c(C)cc2c1.Cc1ccc2nc(C3=[C-]CCCC3)c(C)cc2c1.[Ir].[Ir].[Ir].[Ir]. The van der Waals surface area contributed by atoms with Crippen LogP contribution in [0, 0.1) is 121 Å². The number of pyridine rings is 4. The Kier molecular flexibility index (Phi) is 51.3. The average Bonchev–Trinajstić information content (AvgIpc) is 0.795. The predicted molar refractivity (Wildman–Crippen MR) is 527 cm³/mol. The summed E-state index contributed by atoms with van der Waals surface area (Å²) in [4.78, 5) is 19.3. The summed E-state index contributed by atoms with van der Waals surface area (Å²) in [5, 5.41) is 83.0. The van der Waals surface area contributed by atoms with Crippen LogP contribution in [0.3, 0.4) is 0 Å². The van der Waals surface area contributed by atoms with Crippen LogP contribution in [0.5, 0.6) is 0 Å². The molecule has 8 aromatic rings. The number of aliphatic hydroxyl groups excluding tert-OH is 8. The van der Waals surface area contributed by atoms with E-state index in [2.05, 4.69) is 189 Å². The molecular formula is C112H168Ir4N4O8-4. The first-order valence-corrected chi connectivity index (χ1v) is 46.5. The Balaban J connectivity index is 0.000000733. The maximum Gasteiger partial charge on any atom is 0.0613 e. The van der Waals surface area contributed by atoms with Gasteiger partial charge in [0.1, 0.15) is 0 Å². The van der Waals surface area contributed by atoms with Crippen LogP contribution < -0.4 is 0 Å². The molecule has 724 valence electrons. The van der Waals surface area contributed by atoms with E-state index >= 15 is 0 Å². The van der Waals surface area contributed by atoms with Gasteiger partial charge in [-0.15, -0.1) is 47.9 Å². The van der Waals surface area contributed by atoms with Crippen molar-refractivity contribution in [2.45, 2.75) is 386 Å². The fourth-order valence-corrected chi connectivity index (χ4v) is 14.3. The normalized spacial score (nSPS) is 17.5. The molecule has 0 aliphatic heterocycles. The second-order valence-corrected chi connectivity index (χ2v) is 45.0. The zero-order valence-corrected chi connectivity index (χ0v) is 94.2. The summed E-state index contributed by atoms with van der Waals surface area (Å²) >= 11 is 0. The molecule has 0 bridgehead atoms. The number of hydrogen-bond donors (Lipinski definition) is 8. The number of aryl methyl sites for hydroxylation is 6. The van der Waals surface area contributed by atoms with E-state index < -0.39 is 48.8 Å². The van der Waals surface area contributed by atoms with Gasteiger partial charge in [0.05, 0.1) is 48.8 Å². The molecular weight excluding hydrogens is 2300 g/mol. The standard InChI is InChI=1S/C18H20N.2C17H18N.C16H16N.4C11H24O2.4Ir/c1-12-5-4-6-15(9-12)18-14(3)11-16-10-13(2)7-8-17(16)19-18;1-12-4-3-5-15(10-12)16-9-8-14-7-6-13(2)11-17(14)18-16;1-12-8-9-16-15(10-12)11-13(2)17(18-16)14-6-4-3-5-7-14;1-12-7-8-14-9-10-15(17-16(14)11-12)13-5-3-2-4-6-13;4*1-10(2,3)8(12)7-9(13)11(4,5)6;;;;/h7-8,10-12H,4-6H2,1-3H3;6-9,11-12H,3-5H2,1-2H3;8-11H,3-6H2,1-2H3;7-11H,2-5H2,1H3;4*8-9,12-13H,7H2,1-6H3;;;;/q4*-1;;;;;;;;. The number of benzene rings is 4. The third-order valence-electron chi connectivity index (χ3n) is 24.3. The van der Waals surface area contributed by atoms with Gasteiger partial charge in [-0.05, 0) is 140 Å². The van der Waals surface area contributed by atoms with E-state index in [9.17, 15) is 40.9 Å². The topological polar surface area (TPSA) is 213 Å². The number of allylic oxidation sites excluding steroid dienone is 8. The molecule has 0 amide bonds. The number of hydrogen-bond acceptors (Lipinski definition) is 12. The summed E-state index contributed by atoms with van der Waals surface area (Å²) in [6, 6.07) is 38.9. The van der Waals surface area contributed by atoms with E-state index in [1.807, 2.05) is 166 Å². The molecule has 12 rings (SSSR count). The van der Waals surface area contributed by atoms with E-state index in [-0.39, 0.29) is 124 Å². The van der Waals surface area contributed by atoms with Crippen LogP contribution >= 0.6 is 0 Å². The van der Waals surface area contributed by atoms with Crippen molar-refractivity contribution in [1.29, 1.82) is 0 Å². The molecule has 4 aliphatic rings. The largest absolute Gasteiger partial charge is 0.392 e. The van der Waals surface area contributed by atoms with Crippen LogP contribution in [0.25, 0.3) is 65.9 Å². The molecule has 4 aliphatic carbocycles. The molecule has 10 unspecified atom stereocenters. The molecule has 16 heteroatoms. The van der Waals surface area contributed by atoms with Crippen molar-refractivity contribution in [3.8, 4) is 0 Å². The van der Waals surface area contributed by atoms with E-state index in [4.69, 9.17) is 19.9 Å². The quantitative estimate of drug-likeness (QED) is 0.0537. The molecule has 12 nitrogen and oxygen atoms in total. The zero-order valence-electron chi connectivity index (χ0n) is 84.6. The van der Waals surface area contributed by atoms with Crippen molar-refractivity contribution in [3.05, 3.63) is 190 Å². The number of aliphatic hydroxyl groups is 8. The number of rotatable bonds is 12. The average molecular weight is 2470 g/mol. The fraction of sp³-hybridized carbons (Fsp3) is 0.607. The Hall–Kier alpha value is -4.24. The van der Waals surface area contributed by atoms with Gasteiger partial charge in [-0.25, -0.2) is 0 Å². The summed E-state index contributed by atoms with van der Waals surface area (Å²) in [6.45, 7) is 64.8. The van der Waals surface area contributed by atoms with E-state index in [0.717, 1.165) is 83.4 Å². The van der Waals surface area contributed by atoms with E-state index in [1.54, 1.807) is 0 Å². The monoisotopic (exact) mass is 2470 g/mol. The van der Waals surface area contributed by atoms with Gasteiger partial charge in [-0.2, -0.15) is 22.3 Å². The molecule has 4 heterocycles. The first-order valence-electron chi connectivity index (χ1n) is 46.5. The van der Waals surface area contributed by atoms with Gasteiger partial charge >= 0.3 is 0 Å². The minimum atomic E-state index is -0.443. The van der Waals surface area contributed by atoms with Crippen LogP contribution in [0.15, 0.2) is 109 Å². The van der Waals surface area contributed by atoms with Crippen LogP contribution in [0.1, 0.15) is 352 Å². The molecule has 0 spiro atoms. The van der Waals surface area contributed by atoms with Crippen molar-refractivity contribution in [3.63, 3.8) is 0 Å². The molecule has 0 saturated carbocycles. The number of fused-ring (bicyclic) bond motifs is 4. The molecule has 4 aromatic heterocycles.